The Bertz CT molecular complexity index is 553. The van der Waals surface area contributed by atoms with E-state index in [-0.39, 0.29) is 12.3 Å². The molecule has 1 aromatic rings. The Morgan fingerprint density at radius 1 is 1.58 bits per heavy atom. The van der Waals surface area contributed by atoms with E-state index in [0.29, 0.717) is 0 Å². The molecular weight excluding hydrogens is 264 g/mol. The van der Waals surface area contributed by atoms with Gasteiger partial charge in [-0.2, -0.15) is 5.26 Å². The molecule has 0 bridgehead atoms. The van der Waals surface area contributed by atoms with Gasteiger partial charge >= 0.3 is 5.97 Å². The first-order valence-electron chi connectivity index (χ1n) is 5.76. The summed E-state index contributed by atoms with van der Waals surface area (Å²) in [7, 11) is 0. The summed E-state index contributed by atoms with van der Waals surface area (Å²) in [6.07, 6.45) is -0.840. The minimum atomic E-state index is -0.795. The Hall–Kier alpha value is -2.00. The molecule has 2 rings (SSSR count). The molecule has 0 aromatic heterocycles. The summed E-state index contributed by atoms with van der Waals surface area (Å²) in [5, 5.41) is 10.8. The third-order valence-electron chi connectivity index (χ3n) is 2.55. The number of esters is 1. The maximum atomic E-state index is 11.8. The van der Waals surface area contributed by atoms with E-state index in [0.717, 1.165) is 10.6 Å². The molecule has 0 radical (unpaired) electrons. The van der Waals surface area contributed by atoms with Crippen LogP contribution in [0.1, 0.15) is 13.3 Å². The molecule has 0 spiro atoms. The van der Waals surface area contributed by atoms with Crippen molar-refractivity contribution in [3.05, 3.63) is 24.3 Å². The topological polar surface area (TPSA) is 79.2 Å². The van der Waals surface area contributed by atoms with Crippen LogP contribution in [0.3, 0.4) is 0 Å². The number of amides is 1. The van der Waals surface area contributed by atoms with E-state index in [9.17, 15) is 9.59 Å². The van der Waals surface area contributed by atoms with Crippen LogP contribution < -0.4 is 5.32 Å². The quantitative estimate of drug-likeness (QED) is 0.853. The van der Waals surface area contributed by atoms with Gasteiger partial charge in [0.25, 0.3) is 0 Å². The molecule has 1 heterocycles. The van der Waals surface area contributed by atoms with Gasteiger partial charge in [0.05, 0.1) is 17.4 Å². The highest BCUT2D eigenvalue weighted by molar-refractivity contribution is 8.01. The Labute approximate surface area is 114 Å². The molecule has 1 amide bonds. The van der Waals surface area contributed by atoms with Crippen LogP contribution in [0.15, 0.2) is 29.2 Å². The van der Waals surface area contributed by atoms with Gasteiger partial charge in [0.15, 0.2) is 6.10 Å². The normalized spacial score (nSPS) is 18.7. The first-order chi connectivity index (χ1) is 9.10. The van der Waals surface area contributed by atoms with E-state index in [2.05, 4.69) is 5.32 Å². The Morgan fingerprint density at radius 2 is 2.32 bits per heavy atom. The Kier molecular flexibility index (Phi) is 4.07. The molecule has 0 unspecified atom stereocenters. The fourth-order valence-corrected chi connectivity index (χ4v) is 2.75. The number of fused-ring (bicyclic) bond motifs is 1. The number of nitrogens with zero attached hydrogens (tertiary/aromatic N) is 1. The molecule has 19 heavy (non-hydrogen) atoms. The summed E-state index contributed by atoms with van der Waals surface area (Å²) in [5.74, 6) is -0.758. The molecule has 1 aliphatic heterocycles. The molecule has 2 atom stereocenters. The molecule has 6 heteroatoms. The zero-order valence-electron chi connectivity index (χ0n) is 10.3. The van der Waals surface area contributed by atoms with Crippen molar-refractivity contribution in [3.8, 4) is 6.07 Å². The number of ether oxygens (including phenoxy) is 1. The maximum Gasteiger partial charge on any atom is 0.308 e. The molecule has 0 aliphatic carbocycles. The lowest BCUT2D eigenvalue weighted by Crippen LogP contribution is -2.32. The minimum absolute atomic E-state index is 0.0448. The molecular formula is C13H12N2O3S. The number of hydrogen-bond donors (Lipinski definition) is 1. The minimum Gasteiger partial charge on any atom is -0.447 e. The average Bonchev–Trinajstić information content (AvgIpc) is 2.39. The number of nitriles is 1. The molecule has 0 saturated heterocycles. The lowest BCUT2D eigenvalue weighted by atomic mass is 10.2. The molecule has 1 aromatic carbocycles. The number of thioether (sulfide) groups is 1. The summed E-state index contributed by atoms with van der Waals surface area (Å²) in [4.78, 5) is 24.3. The van der Waals surface area contributed by atoms with Crippen LogP contribution in [-0.4, -0.2) is 23.2 Å². The maximum absolute atomic E-state index is 11.8. The van der Waals surface area contributed by atoms with Crippen molar-refractivity contribution in [2.75, 3.05) is 5.32 Å². The van der Waals surface area contributed by atoms with Gasteiger partial charge in [-0.05, 0) is 19.1 Å². The summed E-state index contributed by atoms with van der Waals surface area (Å²) >= 11 is 1.33. The molecule has 5 nitrogen and oxygen atoms in total. The first-order valence-corrected chi connectivity index (χ1v) is 6.64. The van der Waals surface area contributed by atoms with Crippen molar-refractivity contribution >= 4 is 29.3 Å². The zero-order valence-corrected chi connectivity index (χ0v) is 11.1. The lowest BCUT2D eigenvalue weighted by molar-refractivity contribution is -0.146. The van der Waals surface area contributed by atoms with Crippen LogP contribution in [0.4, 0.5) is 5.69 Å². The molecule has 1 N–H and O–H groups in total. The SMILES string of the molecule is C[C@@H](C#N)OC(=O)C[C@@H]1Sc2ccccc2NC1=O. The van der Waals surface area contributed by atoms with E-state index in [1.165, 1.54) is 18.7 Å². The van der Waals surface area contributed by atoms with Gasteiger partial charge in [-0.15, -0.1) is 11.8 Å². The number of benzene rings is 1. The molecule has 0 saturated carbocycles. The number of anilines is 1. The van der Waals surface area contributed by atoms with Gasteiger partial charge < -0.3 is 10.1 Å². The second-order valence-corrected chi connectivity index (χ2v) is 5.30. The van der Waals surface area contributed by atoms with E-state index in [1.807, 2.05) is 30.3 Å². The predicted molar refractivity (Wildman–Crippen MR) is 70.5 cm³/mol. The Balaban J connectivity index is 2.01. The number of hydrogen-bond acceptors (Lipinski definition) is 5. The van der Waals surface area contributed by atoms with Crippen molar-refractivity contribution in [3.63, 3.8) is 0 Å². The third kappa shape index (κ3) is 3.26. The molecule has 1 aliphatic rings. The van der Waals surface area contributed by atoms with Crippen molar-refractivity contribution in [1.29, 1.82) is 5.26 Å². The standard InChI is InChI=1S/C13H12N2O3S/c1-8(7-14)18-12(16)6-11-13(17)15-9-4-2-3-5-10(9)19-11/h2-5,8,11H,6H2,1H3,(H,15,17)/t8-,11-/m0/s1. The predicted octanol–water partition coefficient (Wildman–Crippen LogP) is 1.94. The van der Waals surface area contributed by atoms with E-state index < -0.39 is 17.3 Å². The fraction of sp³-hybridized carbons (Fsp3) is 0.308. The number of carbonyl (C=O) groups is 2. The van der Waals surface area contributed by atoms with Crippen molar-refractivity contribution < 1.29 is 14.3 Å². The summed E-state index contributed by atoms with van der Waals surface area (Å²) in [6, 6.07) is 9.21. The van der Waals surface area contributed by atoms with E-state index in [4.69, 9.17) is 10.00 Å². The second-order valence-electron chi connectivity index (χ2n) is 4.06. The van der Waals surface area contributed by atoms with Crippen LogP contribution in [0.5, 0.6) is 0 Å². The number of rotatable bonds is 3. The number of carbonyl (C=O) groups excluding carboxylic acids is 2. The van der Waals surface area contributed by atoms with Gasteiger partial charge in [0, 0.05) is 4.90 Å². The van der Waals surface area contributed by atoms with Gasteiger partial charge in [-0.3, -0.25) is 9.59 Å². The van der Waals surface area contributed by atoms with Crippen LogP contribution in [0.25, 0.3) is 0 Å². The van der Waals surface area contributed by atoms with Gasteiger partial charge in [-0.1, -0.05) is 12.1 Å². The Morgan fingerprint density at radius 3 is 3.05 bits per heavy atom. The van der Waals surface area contributed by atoms with Crippen LogP contribution >= 0.6 is 11.8 Å². The highest BCUT2D eigenvalue weighted by Gasteiger charge is 2.29. The van der Waals surface area contributed by atoms with Crippen LogP contribution in [-0.2, 0) is 14.3 Å². The van der Waals surface area contributed by atoms with Crippen LogP contribution in [0.2, 0.25) is 0 Å². The summed E-state index contributed by atoms with van der Waals surface area (Å²) in [5.41, 5.74) is 0.757. The van der Waals surface area contributed by atoms with Crippen LogP contribution in [0, 0.1) is 11.3 Å². The highest BCUT2D eigenvalue weighted by Crippen LogP contribution is 2.36. The largest absolute Gasteiger partial charge is 0.447 e. The monoisotopic (exact) mass is 276 g/mol. The highest BCUT2D eigenvalue weighted by atomic mass is 32.2. The zero-order chi connectivity index (χ0) is 13.8. The van der Waals surface area contributed by atoms with Gasteiger partial charge in [-0.25, -0.2) is 0 Å². The molecule has 0 fully saturated rings. The summed E-state index contributed by atoms with van der Waals surface area (Å²) in [6.45, 7) is 1.49. The summed E-state index contributed by atoms with van der Waals surface area (Å²) < 4.78 is 4.85. The average molecular weight is 276 g/mol. The number of para-hydroxylation sites is 1. The van der Waals surface area contributed by atoms with E-state index in [1.54, 1.807) is 0 Å². The smallest absolute Gasteiger partial charge is 0.308 e. The lowest BCUT2D eigenvalue weighted by Gasteiger charge is -2.23. The van der Waals surface area contributed by atoms with Gasteiger partial charge in [0.1, 0.15) is 6.07 Å². The first kappa shape index (κ1) is 13.4. The third-order valence-corrected chi connectivity index (χ3v) is 3.82. The van der Waals surface area contributed by atoms with E-state index >= 15 is 0 Å². The van der Waals surface area contributed by atoms with Crippen molar-refractivity contribution in [2.45, 2.75) is 29.6 Å². The van der Waals surface area contributed by atoms with Crippen molar-refractivity contribution in [2.24, 2.45) is 0 Å². The fourth-order valence-electron chi connectivity index (χ4n) is 1.65. The second kappa shape index (κ2) is 5.76. The van der Waals surface area contributed by atoms with Gasteiger partial charge in [0.2, 0.25) is 5.91 Å². The molecule has 98 valence electrons. The number of nitrogens with one attached hydrogen (secondary N) is 1. The van der Waals surface area contributed by atoms with Crippen molar-refractivity contribution in [1.82, 2.24) is 0 Å².